The molecule has 0 aliphatic heterocycles. The van der Waals surface area contributed by atoms with Gasteiger partial charge in [0.15, 0.2) is 0 Å². The smallest absolute Gasteiger partial charge is 1.00 e. The van der Waals surface area contributed by atoms with Crippen LogP contribution in [-0.4, -0.2) is 58.1 Å². The summed E-state index contributed by atoms with van der Waals surface area (Å²) in [6, 6.07) is 0. The summed E-state index contributed by atoms with van der Waals surface area (Å²) in [5.41, 5.74) is 0. The molecule has 2 radical (unpaired) electrons. The third kappa shape index (κ3) is 554. The zero-order chi connectivity index (χ0) is 9.00. The van der Waals surface area contributed by atoms with Gasteiger partial charge in [-0.2, -0.15) is 16.8 Å². The molecule has 16 heavy (non-hydrogen) atoms. The van der Waals surface area contributed by atoms with Crippen LogP contribution in [-0.2, 0) is 74.1 Å². The molecular weight excluding hydrogens is 475 g/mol. The van der Waals surface area contributed by atoms with Crippen molar-refractivity contribution in [2.24, 2.45) is 0 Å². The summed E-state index contributed by atoms with van der Waals surface area (Å²) in [6.45, 7) is 0. The summed E-state index contributed by atoms with van der Waals surface area (Å²) in [7, 11) is -9.33. The average Bonchev–Trinajstić information content (AvgIpc) is 1.12. The van der Waals surface area contributed by atoms with Crippen molar-refractivity contribution in [3.05, 3.63) is 0 Å². The minimum Gasteiger partial charge on any atom is -1.00 e. The molecule has 0 aromatic heterocycles. The Morgan fingerprint density at radius 1 is 0.750 bits per heavy atom. The Morgan fingerprint density at radius 3 is 0.750 bits per heavy atom. The largest absolute Gasteiger partial charge is 2.00 e. The van der Waals surface area contributed by atoms with Gasteiger partial charge in [-0.25, -0.2) is 0 Å². The van der Waals surface area contributed by atoms with Gasteiger partial charge in [-0.3, -0.25) is 18.2 Å². The van der Waals surface area contributed by atoms with Crippen molar-refractivity contribution in [3.63, 3.8) is 0 Å². The maximum absolute atomic E-state index is 8.74. The van der Waals surface area contributed by atoms with E-state index in [1.807, 2.05) is 0 Å². The first-order chi connectivity index (χ1) is 4.00. The van der Waals surface area contributed by atoms with Gasteiger partial charge in [0.2, 0.25) is 0 Å². The van der Waals surface area contributed by atoms with Crippen LogP contribution in [0.4, 0.5) is 0 Å². The van der Waals surface area contributed by atoms with E-state index >= 15 is 0 Å². The zero-order valence-electron chi connectivity index (χ0n) is 9.10. The second kappa shape index (κ2) is 22.9. The second-order valence-electron chi connectivity index (χ2n) is 0.896. The molecule has 0 aliphatic rings. The normalized spacial score (nSPS) is 7.25. The molecule has 0 bridgehead atoms. The van der Waals surface area contributed by atoms with E-state index in [1.165, 1.54) is 0 Å². The molecule has 8 nitrogen and oxygen atoms in total. The van der Waals surface area contributed by atoms with Crippen LogP contribution in [0.25, 0.3) is 0 Å². The van der Waals surface area contributed by atoms with Crippen LogP contribution in [0.3, 0.4) is 0 Å². The Morgan fingerprint density at radius 2 is 0.750 bits per heavy atom. The Hall–Kier alpha value is 2.74. The van der Waals surface area contributed by atoms with Crippen molar-refractivity contribution in [1.82, 2.24) is 0 Å². The first-order valence-electron chi connectivity index (χ1n) is 1.40. The first-order valence-corrected chi connectivity index (χ1v) is 4.19. The Labute approximate surface area is 158 Å². The van der Waals surface area contributed by atoms with E-state index in [0.717, 1.165) is 0 Å². The van der Waals surface area contributed by atoms with Gasteiger partial charge < -0.3 is 2.85 Å². The minimum atomic E-state index is -4.67. The van der Waals surface area contributed by atoms with E-state index in [2.05, 4.69) is 0 Å². The molecule has 0 saturated carbocycles. The zero-order valence-corrected chi connectivity index (χ0v) is 16.7. The van der Waals surface area contributed by atoms with E-state index < -0.39 is 20.8 Å². The summed E-state index contributed by atoms with van der Waals surface area (Å²) in [4.78, 5) is 0. The number of hydrogen-bond donors (Lipinski definition) is 4. The molecule has 0 aromatic rings. The van der Waals surface area contributed by atoms with Crippen LogP contribution in [0.5, 0.6) is 0 Å². The van der Waals surface area contributed by atoms with Crippen LogP contribution in [0, 0.1) is 0 Å². The van der Waals surface area contributed by atoms with Crippen molar-refractivity contribution in [2.45, 2.75) is 0 Å². The van der Waals surface area contributed by atoms with Crippen molar-refractivity contribution < 1.29 is 91.2 Å². The van der Waals surface area contributed by atoms with E-state index in [-0.39, 0.29) is 104 Å². The van der Waals surface area contributed by atoms with Gasteiger partial charge in [-0.15, -0.1) is 24.8 Å². The summed E-state index contributed by atoms with van der Waals surface area (Å²) in [5, 5.41) is 0. The molecule has 0 aromatic carbocycles. The van der Waals surface area contributed by atoms with Gasteiger partial charge >= 0.3 is 43.9 Å². The number of halogens is 2. The third-order valence-electron chi connectivity index (χ3n) is 0. The number of rotatable bonds is 0. The molecule has 0 spiro atoms. The monoisotopic (exact) mass is 480 g/mol. The number of hydrogen-bond acceptors (Lipinski definition) is 4. The third-order valence-corrected chi connectivity index (χ3v) is 0. The fourth-order valence-corrected chi connectivity index (χ4v) is 0. The molecule has 0 amide bonds. The van der Waals surface area contributed by atoms with Crippen molar-refractivity contribution >= 4 is 68.7 Å². The summed E-state index contributed by atoms with van der Waals surface area (Å²) in [6.07, 6.45) is 0. The molecule has 0 saturated heterocycles. The maximum atomic E-state index is 8.74. The van der Waals surface area contributed by atoms with Crippen LogP contribution in [0.15, 0.2) is 0 Å². The molecule has 4 N–H and O–H groups in total. The molecular formula is H8Cl2CoCuMgO8S2Zn. The predicted octanol–water partition coefficient (Wildman–Crippen LogP) is -0.625. The van der Waals surface area contributed by atoms with Crippen molar-refractivity contribution in [1.29, 1.82) is 0 Å². The van der Waals surface area contributed by atoms with E-state index in [4.69, 9.17) is 35.0 Å². The van der Waals surface area contributed by atoms with Gasteiger partial charge in [-0.05, 0) is 0 Å². The molecule has 16 heteroatoms. The van der Waals surface area contributed by atoms with Gasteiger partial charge in [0, 0.05) is 53.3 Å². The molecule has 0 atom stereocenters. The molecule has 0 unspecified atom stereocenters. The maximum Gasteiger partial charge on any atom is 2.00 e. The van der Waals surface area contributed by atoms with Gasteiger partial charge in [0.05, 0.1) is 0 Å². The Bertz CT molecular complexity index is 241. The van der Waals surface area contributed by atoms with Gasteiger partial charge in [0.25, 0.3) is 0 Å². The predicted molar refractivity (Wildman–Crippen MR) is 50.8 cm³/mol. The summed E-state index contributed by atoms with van der Waals surface area (Å²) < 4.78 is 63.2. The average molecular weight is 483 g/mol. The fourth-order valence-electron chi connectivity index (χ4n) is 0. The summed E-state index contributed by atoms with van der Waals surface area (Å²) >= 11 is 0. The van der Waals surface area contributed by atoms with E-state index in [9.17, 15) is 0 Å². The summed E-state index contributed by atoms with van der Waals surface area (Å²) in [5.74, 6) is 0. The molecule has 0 aliphatic carbocycles. The van der Waals surface area contributed by atoms with Crippen LogP contribution in [0.1, 0.15) is 2.85 Å². The van der Waals surface area contributed by atoms with E-state index in [0.29, 0.717) is 0 Å². The standard InChI is InChI=1S/2ClH.Co.Cu.Mg.2H2O4S.Zn.2H/c;;;;;2*1-5(2,3)4;;;/h2*1H;;;;2*(H2,1,2,3,4);;;/q;;;;+2;;;;2*-1. The van der Waals surface area contributed by atoms with Gasteiger partial charge in [0.1, 0.15) is 0 Å². The Kier molecular flexibility index (Phi) is 73.1. The fraction of sp³-hybridized carbons (Fsp3) is 0. The quantitative estimate of drug-likeness (QED) is 0.263. The molecule has 0 rings (SSSR count). The van der Waals surface area contributed by atoms with Crippen LogP contribution >= 0.6 is 24.8 Å². The minimum absolute atomic E-state index is 0. The first kappa shape index (κ1) is 51.1. The SMILES string of the molecule is Cl.Cl.O=S(=O)(O)O.O=S(=O)(O)O.[Co].[Cu].[H-].[H-].[Mg+2].[Zn]. The Balaban J connectivity index is -0.00000000615. The second-order valence-corrected chi connectivity index (χ2v) is 2.69. The topological polar surface area (TPSA) is 149 Å². The van der Waals surface area contributed by atoms with E-state index in [1.54, 1.807) is 0 Å². The van der Waals surface area contributed by atoms with Crippen molar-refractivity contribution in [3.8, 4) is 0 Å². The van der Waals surface area contributed by atoms with Crippen molar-refractivity contribution in [2.75, 3.05) is 0 Å². The molecule has 0 fully saturated rings. The van der Waals surface area contributed by atoms with Crippen LogP contribution in [0.2, 0.25) is 0 Å². The molecule has 106 valence electrons. The van der Waals surface area contributed by atoms with Crippen LogP contribution < -0.4 is 0 Å². The van der Waals surface area contributed by atoms with Gasteiger partial charge in [-0.1, -0.05) is 0 Å². The molecule has 0 heterocycles.